The first-order chi connectivity index (χ1) is 11.2. The summed E-state index contributed by atoms with van der Waals surface area (Å²) in [5, 5.41) is 4.07. The lowest BCUT2D eigenvalue weighted by Gasteiger charge is -2.18. The quantitative estimate of drug-likeness (QED) is 0.761. The second-order valence-electron chi connectivity index (χ2n) is 6.06. The maximum absolute atomic E-state index is 12.4. The second-order valence-corrected chi connectivity index (χ2v) is 6.84. The number of carbonyl (C=O) groups excluding carboxylic acids is 1. The van der Waals surface area contributed by atoms with Gasteiger partial charge in [0.05, 0.1) is 10.7 Å². The van der Waals surface area contributed by atoms with Crippen LogP contribution in [0.25, 0.3) is 0 Å². The Balaban J connectivity index is 2.13. The molecule has 1 unspecified atom stereocenters. The number of aryl methyl sites for hydroxylation is 4. The Bertz CT molecular complexity index is 741. The molecule has 24 heavy (non-hydrogen) atoms. The van der Waals surface area contributed by atoms with E-state index in [1.807, 2.05) is 52.0 Å². The van der Waals surface area contributed by atoms with E-state index in [0.29, 0.717) is 21.5 Å². The van der Waals surface area contributed by atoms with E-state index in [-0.39, 0.29) is 5.91 Å². The fourth-order valence-corrected chi connectivity index (χ4v) is 3.01. The molecule has 0 aromatic heterocycles. The van der Waals surface area contributed by atoms with Crippen molar-refractivity contribution in [1.82, 2.24) is 0 Å². The Hall–Kier alpha value is -1.71. The van der Waals surface area contributed by atoms with Crippen LogP contribution >= 0.6 is 23.2 Å². The minimum atomic E-state index is -0.665. The van der Waals surface area contributed by atoms with Crippen LogP contribution in [0.2, 0.25) is 10.0 Å². The zero-order chi connectivity index (χ0) is 18.0. The van der Waals surface area contributed by atoms with Crippen molar-refractivity contribution in [2.45, 2.75) is 40.7 Å². The highest BCUT2D eigenvalue weighted by Crippen LogP contribution is 2.29. The molecular formula is C19H21Cl2NO2. The summed E-state index contributed by atoms with van der Waals surface area (Å²) in [5.41, 5.74) is 4.41. The van der Waals surface area contributed by atoms with Gasteiger partial charge in [-0.05, 0) is 75.1 Å². The molecule has 3 nitrogen and oxygen atoms in total. The van der Waals surface area contributed by atoms with Crippen LogP contribution in [-0.4, -0.2) is 12.0 Å². The Labute approximate surface area is 152 Å². The molecule has 1 atom stereocenters. The zero-order valence-electron chi connectivity index (χ0n) is 14.5. The van der Waals surface area contributed by atoms with E-state index in [1.165, 1.54) is 0 Å². The number of hydrogen-bond acceptors (Lipinski definition) is 2. The largest absolute Gasteiger partial charge is 0.481 e. The number of ether oxygens (including phenoxy) is 1. The third-order valence-electron chi connectivity index (χ3n) is 3.77. The van der Waals surface area contributed by atoms with E-state index in [1.54, 1.807) is 6.92 Å². The lowest BCUT2D eigenvalue weighted by molar-refractivity contribution is -0.122. The molecule has 1 amide bonds. The van der Waals surface area contributed by atoms with Gasteiger partial charge in [0.25, 0.3) is 5.91 Å². The van der Waals surface area contributed by atoms with Gasteiger partial charge in [-0.25, -0.2) is 0 Å². The number of nitrogens with one attached hydrogen (secondary N) is 1. The molecule has 2 rings (SSSR count). The summed E-state index contributed by atoms with van der Waals surface area (Å²) >= 11 is 12.4. The second kappa shape index (κ2) is 7.45. The van der Waals surface area contributed by atoms with Crippen LogP contribution in [-0.2, 0) is 4.79 Å². The molecule has 0 saturated carbocycles. The summed E-state index contributed by atoms with van der Waals surface area (Å²) in [5.74, 6) is 0.359. The summed E-state index contributed by atoms with van der Waals surface area (Å²) in [6.07, 6.45) is -0.665. The zero-order valence-corrected chi connectivity index (χ0v) is 16.0. The van der Waals surface area contributed by atoms with E-state index in [4.69, 9.17) is 27.9 Å². The van der Waals surface area contributed by atoms with Crippen molar-refractivity contribution in [3.8, 4) is 5.75 Å². The highest BCUT2D eigenvalue weighted by Gasteiger charge is 2.18. The van der Waals surface area contributed by atoms with Crippen molar-refractivity contribution < 1.29 is 9.53 Å². The minimum absolute atomic E-state index is 0.255. The normalized spacial score (nSPS) is 12.0. The van der Waals surface area contributed by atoms with Gasteiger partial charge < -0.3 is 10.1 Å². The summed E-state index contributed by atoms with van der Waals surface area (Å²) in [6, 6.07) is 7.44. The van der Waals surface area contributed by atoms with Crippen LogP contribution < -0.4 is 10.1 Å². The molecule has 0 aliphatic heterocycles. The molecule has 128 valence electrons. The smallest absolute Gasteiger partial charge is 0.265 e. The van der Waals surface area contributed by atoms with Gasteiger partial charge in [0.15, 0.2) is 6.10 Å². The third kappa shape index (κ3) is 4.22. The van der Waals surface area contributed by atoms with Crippen molar-refractivity contribution in [3.63, 3.8) is 0 Å². The predicted molar refractivity (Wildman–Crippen MR) is 101 cm³/mol. The Morgan fingerprint density at radius 3 is 2.12 bits per heavy atom. The number of benzene rings is 2. The Morgan fingerprint density at radius 1 is 1.00 bits per heavy atom. The van der Waals surface area contributed by atoms with Crippen molar-refractivity contribution in [3.05, 3.63) is 56.6 Å². The number of halogens is 2. The van der Waals surface area contributed by atoms with Gasteiger partial charge in [0.2, 0.25) is 0 Å². The van der Waals surface area contributed by atoms with Crippen molar-refractivity contribution in [2.24, 2.45) is 0 Å². The molecular weight excluding hydrogens is 345 g/mol. The van der Waals surface area contributed by atoms with Crippen LogP contribution in [0.4, 0.5) is 5.69 Å². The molecule has 0 fully saturated rings. The van der Waals surface area contributed by atoms with Crippen LogP contribution in [0.15, 0.2) is 24.3 Å². The van der Waals surface area contributed by atoms with Crippen LogP contribution in [0.5, 0.6) is 5.75 Å². The van der Waals surface area contributed by atoms with E-state index in [2.05, 4.69) is 5.32 Å². The van der Waals surface area contributed by atoms with Gasteiger partial charge in [-0.1, -0.05) is 29.3 Å². The van der Waals surface area contributed by atoms with Gasteiger partial charge in [0, 0.05) is 5.02 Å². The molecule has 1 N–H and O–H groups in total. The van der Waals surface area contributed by atoms with Gasteiger partial charge in [-0.15, -0.1) is 0 Å². The Kier molecular flexibility index (Phi) is 5.79. The predicted octanol–water partition coefficient (Wildman–Crippen LogP) is 5.63. The molecule has 5 heteroatoms. The summed E-state index contributed by atoms with van der Waals surface area (Å²) < 4.78 is 5.75. The molecule has 0 aliphatic rings. The topological polar surface area (TPSA) is 38.3 Å². The lowest BCUT2D eigenvalue weighted by atomic mass is 10.1. The summed E-state index contributed by atoms with van der Waals surface area (Å²) in [4.78, 5) is 12.4. The van der Waals surface area contributed by atoms with E-state index in [9.17, 15) is 4.79 Å². The van der Waals surface area contributed by atoms with E-state index >= 15 is 0 Å². The van der Waals surface area contributed by atoms with Gasteiger partial charge in [-0.2, -0.15) is 0 Å². The first kappa shape index (κ1) is 18.6. The first-order valence-electron chi connectivity index (χ1n) is 7.70. The van der Waals surface area contributed by atoms with E-state index < -0.39 is 6.10 Å². The molecule has 0 spiro atoms. The fourth-order valence-electron chi connectivity index (χ4n) is 2.53. The highest BCUT2D eigenvalue weighted by molar-refractivity contribution is 6.34. The SMILES string of the molecule is Cc1cc(C)c(NC(=O)C(C)Oc2cc(C)c(Cl)c(C)c2)c(Cl)c1. The van der Waals surface area contributed by atoms with Gasteiger partial charge >= 0.3 is 0 Å². The maximum Gasteiger partial charge on any atom is 0.265 e. The molecule has 0 heterocycles. The molecule has 0 bridgehead atoms. The van der Waals surface area contributed by atoms with Crippen LogP contribution in [0.3, 0.4) is 0 Å². The van der Waals surface area contributed by atoms with Crippen molar-refractivity contribution in [1.29, 1.82) is 0 Å². The highest BCUT2D eigenvalue weighted by atomic mass is 35.5. The minimum Gasteiger partial charge on any atom is -0.481 e. The Morgan fingerprint density at radius 2 is 1.58 bits per heavy atom. The van der Waals surface area contributed by atoms with Gasteiger partial charge in [0.1, 0.15) is 5.75 Å². The van der Waals surface area contributed by atoms with Gasteiger partial charge in [-0.3, -0.25) is 4.79 Å². The average molecular weight is 366 g/mol. The molecule has 0 radical (unpaired) electrons. The first-order valence-corrected chi connectivity index (χ1v) is 8.45. The number of hydrogen-bond donors (Lipinski definition) is 1. The summed E-state index contributed by atoms with van der Waals surface area (Å²) in [7, 11) is 0. The maximum atomic E-state index is 12.4. The van der Waals surface area contributed by atoms with Crippen LogP contribution in [0, 0.1) is 27.7 Å². The average Bonchev–Trinajstić information content (AvgIpc) is 2.48. The van der Waals surface area contributed by atoms with Crippen molar-refractivity contribution in [2.75, 3.05) is 5.32 Å². The third-order valence-corrected chi connectivity index (χ3v) is 4.67. The number of carbonyl (C=O) groups is 1. The lowest BCUT2D eigenvalue weighted by Crippen LogP contribution is -2.30. The number of anilines is 1. The molecule has 2 aromatic carbocycles. The van der Waals surface area contributed by atoms with Crippen molar-refractivity contribution >= 4 is 34.8 Å². The molecule has 0 saturated heterocycles. The monoisotopic (exact) mass is 365 g/mol. The molecule has 2 aromatic rings. The summed E-state index contributed by atoms with van der Waals surface area (Å²) in [6.45, 7) is 9.38. The van der Waals surface area contributed by atoms with Crippen LogP contribution in [0.1, 0.15) is 29.2 Å². The standard InChI is InChI=1S/C19H21Cl2NO2/c1-10-6-13(4)18(16(20)7-10)22-19(23)14(5)24-15-8-11(2)17(21)12(3)9-15/h6-9,14H,1-5H3,(H,22,23). The molecule has 0 aliphatic carbocycles. The number of amides is 1. The number of rotatable bonds is 4. The van der Waals surface area contributed by atoms with E-state index in [0.717, 1.165) is 22.3 Å². The fraction of sp³-hybridized carbons (Fsp3) is 0.316.